The van der Waals surface area contributed by atoms with Gasteiger partial charge in [-0.15, -0.1) is 0 Å². The number of ether oxygens (including phenoxy) is 1. The average molecular weight is 461 g/mol. The van der Waals surface area contributed by atoms with Gasteiger partial charge in [0, 0.05) is 25.7 Å². The van der Waals surface area contributed by atoms with E-state index in [4.69, 9.17) is 4.74 Å². The Hall–Kier alpha value is -3.09. The molecular formula is C27H28N2O3S. The van der Waals surface area contributed by atoms with Crippen molar-refractivity contribution in [2.75, 3.05) is 19.4 Å². The van der Waals surface area contributed by atoms with Crippen molar-refractivity contribution in [1.82, 2.24) is 4.31 Å². The van der Waals surface area contributed by atoms with E-state index in [1.807, 2.05) is 42.5 Å². The second-order valence-electron chi connectivity index (χ2n) is 8.86. The van der Waals surface area contributed by atoms with E-state index in [2.05, 4.69) is 41.7 Å². The Bertz CT molecular complexity index is 1270. The van der Waals surface area contributed by atoms with Gasteiger partial charge in [0.05, 0.1) is 10.9 Å². The minimum Gasteiger partial charge on any atom is -0.489 e. The number of fused-ring (bicyclic) bond motifs is 3. The minimum absolute atomic E-state index is 0.150. The fourth-order valence-electron chi connectivity index (χ4n) is 4.79. The topological polar surface area (TPSA) is 58.6 Å². The zero-order chi connectivity index (χ0) is 23.0. The molecule has 1 aliphatic carbocycles. The number of hydrogen-bond acceptors (Lipinski definition) is 4. The van der Waals surface area contributed by atoms with Crippen molar-refractivity contribution in [2.45, 2.75) is 29.9 Å². The van der Waals surface area contributed by atoms with Crippen molar-refractivity contribution in [2.24, 2.45) is 5.92 Å². The molecule has 0 spiro atoms. The van der Waals surface area contributed by atoms with E-state index < -0.39 is 10.0 Å². The molecule has 1 N–H and O–H groups in total. The highest BCUT2D eigenvalue weighted by Gasteiger charge is 2.38. The third-order valence-corrected chi connectivity index (χ3v) is 8.41. The Morgan fingerprint density at radius 1 is 1.00 bits per heavy atom. The minimum atomic E-state index is -3.47. The van der Waals surface area contributed by atoms with E-state index in [1.165, 1.54) is 9.87 Å². The van der Waals surface area contributed by atoms with Crippen LogP contribution in [0.15, 0.2) is 89.8 Å². The highest BCUT2D eigenvalue weighted by Crippen LogP contribution is 2.50. The fraction of sp³-hybridized carbons (Fsp3) is 0.259. The van der Waals surface area contributed by atoms with E-state index in [0.29, 0.717) is 17.4 Å². The standard InChI is InChI=1S/C27H28N2O3S/c1-29(2)33(30,31)22-15-16-26-25(17-22)23-9-6-10-24(23)27(28-26)20-11-13-21(14-12-20)32-18-19-7-4-3-5-8-19/h3-9,11-17,23-24,27-28H,10,18H2,1-2H3. The number of rotatable bonds is 6. The van der Waals surface area contributed by atoms with E-state index in [1.54, 1.807) is 20.2 Å². The van der Waals surface area contributed by atoms with E-state index in [-0.39, 0.29) is 12.0 Å². The van der Waals surface area contributed by atoms with Gasteiger partial charge in [0.15, 0.2) is 0 Å². The van der Waals surface area contributed by atoms with Gasteiger partial charge in [0.2, 0.25) is 10.0 Å². The van der Waals surface area contributed by atoms with Gasteiger partial charge in [-0.1, -0.05) is 54.6 Å². The van der Waals surface area contributed by atoms with Gasteiger partial charge < -0.3 is 10.1 Å². The van der Waals surface area contributed by atoms with Gasteiger partial charge in [-0.3, -0.25) is 0 Å². The number of hydrogen-bond donors (Lipinski definition) is 1. The lowest BCUT2D eigenvalue weighted by atomic mass is 9.77. The number of sulfonamides is 1. The Morgan fingerprint density at radius 3 is 2.48 bits per heavy atom. The molecule has 0 bridgehead atoms. The summed E-state index contributed by atoms with van der Waals surface area (Å²) >= 11 is 0. The predicted octanol–water partition coefficient (Wildman–Crippen LogP) is 5.34. The highest BCUT2D eigenvalue weighted by molar-refractivity contribution is 7.89. The van der Waals surface area contributed by atoms with Gasteiger partial charge in [0.25, 0.3) is 0 Å². The van der Waals surface area contributed by atoms with Gasteiger partial charge >= 0.3 is 0 Å². The fourth-order valence-corrected chi connectivity index (χ4v) is 5.72. The second-order valence-corrected chi connectivity index (χ2v) is 11.0. The third kappa shape index (κ3) is 4.16. The van der Waals surface area contributed by atoms with Crippen LogP contribution in [0.25, 0.3) is 0 Å². The van der Waals surface area contributed by atoms with Gasteiger partial charge in [-0.2, -0.15) is 0 Å². The molecule has 5 rings (SSSR count). The Balaban J connectivity index is 1.38. The summed E-state index contributed by atoms with van der Waals surface area (Å²) in [5, 5.41) is 3.68. The van der Waals surface area contributed by atoms with Crippen LogP contribution in [0.3, 0.4) is 0 Å². The maximum absolute atomic E-state index is 12.6. The Kier molecular flexibility index (Phi) is 5.72. The number of benzene rings is 3. The van der Waals surface area contributed by atoms with Crippen LogP contribution < -0.4 is 10.1 Å². The lowest BCUT2D eigenvalue weighted by molar-refractivity contribution is 0.306. The van der Waals surface area contributed by atoms with Crippen molar-refractivity contribution in [3.8, 4) is 5.75 Å². The first-order valence-electron chi connectivity index (χ1n) is 11.2. The third-order valence-electron chi connectivity index (χ3n) is 6.60. The molecule has 0 saturated carbocycles. The summed E-state index contributed by atoms with van der Waals surface area (Å²) in [6.45, 7) is 0.544. The highest BCUT2D eigenvalue weighted by atomic mass is 32.2. The monoisotopic (exact) mass is 460 g/mol. The molecule has 3 aromatic rings. The summed E-state index contributed by atoms with van der Waals surface area (Å²) in [6.07, 6.45) is 5.39. The smallest absolute Gasteiger partial charge is 0.242 e. The Morgan fingerprint density at radius 2 is 1.76 bits per heavy atom. The Labute approximate surface area is 195 Å². The van der Waals surface area contributed by atoms with Crippen molar-refractivity contribution in [1.29, 1.82) is 0 Å². The SMILES string of the molecule is CN(C)S(=O)(=O)c1ccc2c(c1)C1C=CCC1C(c1ccc(OCc3ccccc3)cc1)N2. The summed E-state index contributed by atoms with van der Waals surface area (Å²) < 4.78 is 32.5. The molecule has 0 saturated heterocycles. The van der Waals surface area contributed by atoms with Crippen LogP contribution in [0.1, 0.15) is 35.1 Å². The molecule has 33 heavy (non-hydrogen) atoms. The molecule has 0 radical (unpaired) electrons. The zero-order valence-electron chi connectivity index (χ0n) is 18.8. The van der Waals surface area contributed by atoms with Gasteiger partial charge in [-0.05, 0) is 59.4 Å². The summed E-state index contributed by atoms with van der Waals surface area (Å²) in [5.41, 5.74) is 4.39. The van der Waals surface area contributed by atoms with Crippen LogP contribution >= 0.6 is 0 Å². The van der Waals surface area contributed by atoms with Crippen LogP contribution in [0.2, 0.25) is 0 Å². The molecule has 0 amide bonds. The number of nitrogens with one attached hydrogen (secondary N) is 1. The summed E-state index contributed by atoms with van der Waals surface area (Å²) in [5.74, 6) is 1.38. The van der Waals surface area contributed by atoms with Crippen molar-refractivity contribution < 1.29 is 13.2 Å². The van der Waals surface area contributed by atoms with Crippen molar-refractivity contribution in [3.05, 3.63) is 102 Å². The number of allylic oxidation sites excluding steroid dienone is 2. The molecule has 6 heteroatoms. The molecule has 1 aliphatic heterocycles. The average Bonchev–Trinajstić information content (AvgIpc) is 3.33. The number of nitrogens with zero attached hydrogens (tertiary/aromatic N) is 1. The first-order chi connectivity index (χ1) is 15.9. The van der Waals surface area contributed by atoms with Gasteiger partial charge in [-0.25, -0.2) is 12.7 Å². The lowest BCUT2D eigenvalue weighted by Gasteiger charge is -2.37. The molecule has 3 atom stereocenters. The maximum Gasteiger partial charge on any atom is 0.242 e. The predicted molar refractivity (Wildman–Crippen MR) is 131 cm³/mol. The largest absolute Gasteiger partial charge is 0.489 e. The van der Waals surface area contributed by atoms with Crippen LogP contribution in [0.5, 0.6) is 5.75 Å². The molecule has 3 unspecified atom stereocenters. The maximum atomic E-state index is 12.6. The van der Waals surface area contributed by atoms with Crippen molar-refractivity contribution >= 4 is 15.7 Å². The molecular weight excluding hydrogens is 432 g/mol. The quantitative estimate of drug-likeness (QED) is 0.504. The summed E-state index contributed by atoms with van der Waals surface area (Å²) in [7, 11) is -0.340. The molecule has 5 nitrogen and oxygen atoms in total. The van der Waals surface area contributed by atoms with Crippen LogP contribution in [0, 0.1) is 5.92 Å². The first kappa shape index (κ1) is 21.7. The van der Waals surface area contributed by atoms with Crippen LogP contribution in [-0.2, 0) is 16.6 Å². The second kappa shape index (κ2) is 8.69. The molecule has 2 aliphatic rings. The normalized spacial score (nSPS) is 21.4. The van der Waals surface area contributed by atoms with Crippen LogP contribution in [-0.4, -0.2) is 26.8 Å². The zero-order valence-corrected chi connectivity index (χ0v) is 19.6. The van der Waals surface area contributed by atoms with E-state index >= 15 is 0 Å². The molecule has 0 fully saturated rings. The molecule has 1 heterocycles. The lowest BCUT2D eigenvalue weighted by Crippen LogP contribution is -2.29. The van der Waals surface area contributed by atoms with E-state index in [0.717, 1.165) is 29.0 Å². The molecule has 0 aromatic heterocycles. The molecule has 3 aromatic carbocycles. The summed E-state index contributed by atoms with van der Waals surface area (Å²) in [6, 6.07) is 24.0. The first-order valence-corrected chi connectivity index (χ1v) is 12.6. The number of anilines is 1. The van der Waals surface area contributed by atoms with E-state index in [9.17, 15) is 8.42 Å². The van der Waals surface area contributed by atoms with Gasteiger partial charge in [0.1, 0.15) is 12.4 Å². The van der Waals surface area contributed by atoms with Crippen molar-refractivity contribution in [3.63, 3.8) is 0 Å². The summed E-state index contributed by atoms with van der Waals surface area (Å²) in [4.78, 5) is 0.338. The van der Waals surface area contributed by atoms with Crippen LogP contribution in [0.4, 0.5) is 5.69 Å². The molecule has 170 valence electrons.